The topological polar surface area (TPSA) is 115 Å². The van der Waals surface area contributed by atoms with E-state index in [-0.39, 0.29) is 36.4 Å². The molecule has 198 valence electrons. The first-order valence-corrected chi connectivity index (χ1v) is 14.1. The van der Waals surface area contributed by atoms with Crippen molar-refractivity contribution in [1.82, 2.24) is 19.3 Å². The van der Waals surface area contributed by atoms with Gasteiger partial charge in [-0.3, -0.25) is 9.48 Å². The van der Waals surface area contributed by atoms with Crippen LogP contribution in [0.3, 0.4) is 0 Å². The molecule has 0 aliphatic carbocycles. The van der Waals surface area contributed by atoms with E-state index in [1.54, 1.807) is 28.9 Å². The molecule has 1 aliphatic heterocycles. The number of carboxylic acids is 1. The molecular formula is C27H34N4O5S. The third-order valence-corrected chi connectivity index (χ3v) is 8.75. The number of carboxylic acid groups (broad SMARTS) is 1. The molecule has 0 amide bonds. The third kappa shape index (κ3) is 6.19. The van der Waals surface area contributed by atoms with E-state index in [2.05, 4.69) is 10.3 Å². The van der Waals surface area contributed by atoms with Gasteiger partial charge in [0.15, 0.2) is 0 Å². The van der Waals surface area contributed by atoms with Gasteiger partial charge in [0, 0.05) is 19.3 Å². The Balaban J connectivity index is 1.61. The first-order valence-electron chi connectivity index (χ1n) is 12.7. The molecule has 10 heteroatoms. The van der Waals surface area contributed by atoms with E-state index in [1.807, 2.05) is 45.2 Å². The molecule has 0 saturated heterocycles. The molecule has 0 radical (unpaired) electrons. The highest BCUT2D eigenvalue weighted by atomic mass is 32.2. The SMILES string of the molecule is CC[C@@H]1CN(Cc2cc([C@H](CCc3cn(CC)nn3)CC(=O)O)ccc2C)S(=O)(=O)c2ccccc2O1. The molecule has 37 heavy (non-hydrogen) atoms. The first kappa shape index (κ1) is 26.8. The summed E-state index contributed by atoms with van der Waals surface area (Å²) in [5.41, 5.74) is 3.50. The summed E-state index contributed by atoms with van der Waals surface area (Å²) < 4.78 is 36.5. The number of nitrogens with zero attached hydrogens (tertiary/aromatic N) is 4. The Morgan fingerprint density at radius 3 is 2.70 bits per heavy atom. The van der Waals surface area contributed by atoms with Crippen molar-refractivity contribution >= 4 is 16.0 Å². The maximum Gasteiger partial charge on any atom is 0.303 e. The van der Waals surface area contributed by atoms with Gasteiger partial charge in [-0.2, -0.15) is 4.31 Å². The lowest BCUT2D eigenvalue weighted by Crippen LogP contribution is -2.36. The summed E-state index contributed by atoms with van der Waals surface area (Å²) in [6.07, 6.45) is 3.46. The van der Waals surface area contributed by atoms with E-state index in [9.17, 15) is 18.3 Å². The smallest absolute Gasteiger partial charge is 0.303 e. The molecule has 0 fully saturated rings. The van der Waals surface area contributed by atoms with Crippen LogP contribution >= 0.6 is 0 Å². The molecule has 2 aromatic carbocycles. The number of hydrogen-bond donors (Lipinski definition) is 1. The second kappa shape index (κ2) is 11.4. The number of para-hydroxylation sites is 1. The maximum absolute atomic E-state index is 13.6. The maximum atomic E-state index is 13.6. The Hall–Kier alpha value is -3.24. The van der Waals surface area contributed by atoms with Gasteiger partial charge in [-0.1, -0.05) is 42.5 Å². The average Bonchev–Trinajstić information content (AvgIpc) is 3.31. The summed E-state index contributed by atoms with van der Waals surface area (Å²) in [6.45, 7) is 7.05. The number of fused-ring (bicyclic) bond motifs is 1. The van der Waals surface area contributed by atoms with Crippen molar-refractivity contribution in [2.24, 2.45) is 0 Å². The van der Waals surface area contributed by atoms with Gasteiger partial charge in [-0.05, 0) is 67.9 Å². The molecule has 3 aromatic rings. The summed E-state index contributed by atoms with van der Waals surface area (Å²) >= 11 is 0. The fourth-order valence-corrected chi connectivity index (χ4v) is 6.21. The van der Waals surface area contributed by atoms with Crippen molar-refractivity contribution < 1.29 is 23.1 Å². The van der Waals surface area contributed by atoms with Gasteiger partial charge in [0.05, 0.1) is 18.7 Å². The highest BCUT2D eigenvalue weighted by Gasteiger charge is 2.34. The van der Waals surface area contributed by atoms with Gasteiger partial charge in [-0.25, -0.2) is 8.42 Å². The quantitative estimate of drug-likeness (QED) is 0.422. The molecule has 2 heterocycles. The summed E-state index contributed by atoms with van der Waals surface area (Å²) in [5.74, 6) is -0.736. The van der Waals surface area contributed by atoms with Gasteiger partial charge in [0.2, 0.25) is 10.0 Å². The lowest BCUT2D eigenvalue weighted by Gasteiger charge is -2.24. The molecule has 1 aliphatic rings. The standard InChI is InChI=1S/C27H34N4O5S/c1-4-24-18-31(37(34,35)26-9-7-6-8-25(26)36-24)16-22-14-20(11-10-19(22)3)21(15-27(32)33)12-13-23-17-30(5-2)29-28-23/h6-11,14,17,21,24H,4-5,12-13,15-16,18H2,1-3H3,(H,32,33)/t21-,24-/m1/s1. The number of aryl methyl sites for hydroxylation is 3. The van der Waals surface area contributed by atoms with Gasteiger partial charge >= 0.3 is 5.97 Å². The van der Waals surface area contributed by atoms with Gasteiger partial charge < -0.3 is 9.84 Å². The van der Waals surface area contributed by atoms with Gasteiger partial charge in [0.25, 0.3) is 0 Å². The van der Waals surface area contributed by atoms with Crippen molar-refractivity contribution in [2.75, 3.05) is 6.54 Å². The normalized spacial score (nSPS) is 18.0. The van der Waals surface area contributed by atoms with E-state index in [0.29, 0.717) is 25.0 Å². The molecule has 9 nitrogen and oxygen atoms in total. The van der Waals surface area contributed by atoms with E-state index < -0.39 is 16.0 Å². The van der Waals surface area contributed by atoms with Crippen LogP contribution in [-0.4, -0.2) is 51.4 Å². The summed E-state index contributed by atoms with van der Waals surface area (Å²) in [7, 11) is -3.78. The Bertz CT molecular complexity index is 1350. The van der Waals surface area contributed by atoms with Crippen LogP contribution in [0.5, 0.6) is 5.75 Å². The number of hydrogen-bond acceptors (Lipinski definition) is 6. The molecule has 4 rings (SSSR count). The number of carbonyl (C=O) groups is 1. The zero-order valence-corrected chi connectivity index (χ0v) is 22.3. The van der Waals surface area contributed by atoms with Crippen molar-refractivity contribution in [3.05, 3.63) is 71.0 Å². The Kier molecular flexibility index (Phi) is 8.29. The number of aromatic nitrogens is 3. The predicted molar refractivity (Wildman–Crippen MR) is 139 cm³/mol. The zero-order chi connectivity index (χ0) is 26.6. The molecule has 0 bridgehead atoms. The first-order chi connectivity index (χ1) is 17.7. The molecule has 1 N–H and O–H groups in total. The monoisotopic (exact) mass is 526 g/mol. The number of rotatable bonds is 10. The van der Waals surface area contributed by atoms with Gasteiger partial charge in [0.1, 0.15) is 16.7 Å². The summed E-state index contributed by atoms with van der Waals surface area (Å²) in [6, 6.07) is 12.6. The highest BCUT2D eigenvalue weighted by Crippen LogP contribution is 2.34. The van der Waals surface area contributed by atoms with Crippen LogP contribution in [0.4, 0.5) is 0 Å². The predicted octanol–water partition coefficient (Wildman–Crippen LogP) is 4.16. The fraction of sp³-hybridized carbons (Fsp3) is 0.444. The second-order valence-electron chi connectivity index (χ2n) is 9.48. The minimum absolute atomic E-state index is 0.0223. The van der Waals surface area contributed by atoms with Crippen molar-refractivity contribution in [3.63, 3.8) is 0 Å². The number of ether oxygens (including phenoxy) is 1. The van der Waals surface area contributed by atoms with Gasteiger partial charge in [-0.15, -0.1) is 5.10 Å². The number of sulfonamides is 1. The zero-order valence-electron chi connectivity index (χ0n) is 21.5. The Morgan fingerprint density at radius 2 is 2.00 bits per heavy atom. The van der Waals surface area contributed by atoms with Crippen molar-refractivity contribution in [1.29, 1.82) is 0 Å². The molecular weight excluding hydrogens is 492 g/mol. The van der Waals surface area contributed by atoms with Crippen LogP contribution in [0.2, 0.25) is 0 Å². The number of aliphatic carboxylic acids is 1. The molecule has 0 spiro atoms. The van der Waals surface area contributed by atoms with Crippen LogP contribution in [0, 0.1) is 6.92 Å². The minimum atomic E-state index is -3.78. The van der Waals surface area contributed by atoms with Crippen LogP contribution in [0.1, 0.15) is 61.4 Å². The summed E-state index contributed by atoms with van der Waals surface area (Å²) in [5, 5.41) is 17.8. The highest BCUT2D eigenvalue weighted by molar-refractivity contribution is 7.89. The average molecular weight is 527 g/mol. The van der Waals surface area contributed by atoms with Crippen LogP contribution in [0.25, 0.3) is 0 Å². The summed E-state index contributed by atoms with van der Waals surface area (Å²) in [4.78, 5) is 11.9. The largest absolute Gasteiger partial charge is 0.488 e. The van der Waals surface area contributed by atoms with Crippen LogP contribution < -0.4 is 4.74 Å². The van der Waals surface area contributed by atoms with E-state index in [0.717, 1.165) is 28.9 Å². The lowest BCUT2D eigenvalue weighted by atomic mass is 9.88. The minimum Gasteiger partial charge on any atom is -0.488 e. The molecule has 1 aromatic heterocycles. The Morgan fingerprint density at radius 1 is 1.22 bits per heavy atom. The van der Waals surface area contributed by atoms with E-state index in [4.69, 9.17) is 4.74 Å². The molecule has 0 saturated carbocycles. The lowest BCUT2D eigenvalue weighted by molar-refractivity contribution is -0.137. The molecule has 2 atom stereocenters. The van der Waals surface area contributed by atoms with Crippen molar-refractivity contribution in [2.45, 2.75) is 76.5 Å². The molecule has 0 unspecified atom stereocenters. The van der Waals surface area contributed by atoms with Crippen molar-refractivity contribution in [3.8, 4) is 5.75 Å². The van der Waals surface area contributed by atoms with E-state index >= 15 is 0 Å². The van der Waals surface area contributed by atoms with Crippen LogP contribution in [0.15, 0.2) is 53.6 Å². The number of benzene rings is 2. The fourth-order valence-electron chi connectivity index (χ4n) is 4.64. The third-order valence-electron chi connectivity index (χ3n) is 6.89. The van der Waals surface area contributed by atoms with Crippen LogP contribution in [-0.2, 0) is 34.3 Å². The second-order valence-corrected chi connectivity index (χ2v) is 11.4. The Labute approximate surface area is 218 Å². The van der Waals surface area contributed by atoms with E-state index in [1.165, 1.54) is 4.31 Å².